The number of carbonyl (C=O) groups excluding carboxylic acids is 2. The monoisotopic (exact) mass is 384 g/mol. The number of hydrogen-bond donors (Lipinski definition) is 1. The molecule has 1 atom stereocenters. The molecule has 5 aliphatic carbocycles. The highest BCUT2D eigenvalue weighted by Gasteiger charge is 2.51. The van der Waals surface area contributed by atoms with E-state index in [0.29, 0.717) is 11.6 Å². The zero-order valence-corrected chi connectivity index (χ0v) is 17.3. The molecule has 1 amide bonds. The lowest BCUT2D eigenvalue weighted by molar-refractivity contribution is -0.134. The van der Waals surface area contributed by atoms with Crippen molar-refractivity contribution in [2.24, 2.45) is 17.8 Å². The number of nitrogens with zero attached hydrogens (tertiary/aromatic N) is 1. The molecule has 5 nitrogen and oxygen atoms in total. The maximum atomic E-state index is 12.9. The molecule has 0 spiro atoms. The van der Waals surface area contributed by atoms with E-state index < -0.39 is 6.10 Å². The lowest BCUT2D eigenvalue weighted by Gasteiger charge is -2.57. The van der Waals surface area contributed by atoms with Gasteiger partial charge in [-0.2, -0.15) is 0 Å². The third-order valence-electron chi connectivity index (χ3n) is 7.70. The Balaban J connectivity index is 1.24. The summed E-state index contributed by atoms with van der Waals surface area (Å²) < 4.78 is 7.83. The van der Waals surface area contributed by atoms with E-state index in [4.69, 9.17) is 4.74 Å². The molecule has 0 aromatic carbocycles. The summed E-state index contributed by atoms with van der Waals surface area (Å²) in [5.41, 5.74) is 2.60. The molecule has 1 aromatic heterocycles. The van der Waals surface area contributed by atoms with Gasteiger partial charge in [0.25, 0.3) is 5.91 Å². The van der Waals surface area contributed by atoms with Crippen LogP contribution in [0.1, 0.15) is 86.1 Å². The third-order valence-corrected chi connectivity index (χ3v) is 7.70. The average Bonchev–Trinajstić information content (AvgIpc) is 3.38. The number of amides is 1. The number of carbonyl (C=O) groups is 2. The number of hydrogen-bond acceptors (Lipinski definition) is 3. The normalized spacial score (nSPS) is 34.3. The number of rotatable bonds is 5. The fourth-order valence-electron chi connectivity index (χ4n) is 6.78. The van der Waals surface area contributed by atoms with Crippen LogP contribution in [0.4, 0.5) is 0 Å². The molecule has 0 radical (unpaired) electrons. The smallest absolute Gasteiger partial charge is 0.340 e. The van der Waals surface area contributed by atoms with Crippen molar-refractivity contribution in [1.29, 1.82) is 0 Å². The number of aromatic nitrogens is 1. The van der Waals surface area contributed by atoms with Crippen LogP contribution in [-0.2, 0) is 9.53 Å². The van der Waals surface area contributed by atoms with Crippen LogP contribution in [0, 0.1) is 31.6 Å². The summed E-state index contributed by atoms with van der Waals surface area (Å²) in [6.07, 6.45) is 8.94. The van der Waals surface area contributed by atoms with Gasteiger partial charge in [0.2, 0.25) is 0 Å². The Labute approximate surface area is 167 Å². The summed E-state index contributed by atoms with van der Waals surface area (Å²) in [6.45, 7) is 5.71. The highest BCUT2D eigenvalue weighted by molar-refractivity contribution is 5.93. The topological polar surface area (TPSA) is 60.3 Å². The van der Waals surface area contributed by atoms with Crippen molar-refractivity contribution < 1.29 is 14.3 Å². The number of esters is 1. The largest absolute Gasteiger partial charge is 0.449 e. The Morgan fingerprint density at radius 2 is 1.68 bits per heavy atom. The van der Waals surface area contributed by atoms with Crippen molar-refractivity contribution in [3.05, 3.63) is 23.0 Å². The first-order chi connectivity index (χ1) is 13.3. The molecule has 0 saturated heterocycles. The van der Waals surface area contributed by atoms with E-state index >= 15 is 0 Å². The maximum absolute atomic E-state index is 12.9. The summed E-state index contributed by atoms with van der Waals surface area (Å²) >= 11 is 0. The Kier molecular flexibility index (Phi) is 4.15. The minimum absolute atomic E-state index is 0.0473. The van der Waals surface area contributed by atoms with Gasteiger partial charge in [-0.15, -0.1) is 0 Å². The van der Waals surface area contributed by atoms with Crippen molar-refractivity contribution >= 4 is 11.9 Å². The van der Waals surface area contributed by atoms with Crippen LogP contribution in [0.5, 0.6) is 0 Å². The summed E-state index contributed by atoms with van der Waals surface area (Å²) in [4.78, 5) is 25.6. The molecule has 1 aromatic rings. The standard InChI is InChI=1S/C23H32N2O3/c1-13-6-20(14(2)25(13)19-4-5-19)22(27)28-15(3)21(26)24-23-10-16-7-17(11-23)9-18(8-16)12-23/h6,15-19H,4-5,7-12H2,1-3H3,(H,24,26)/t15-,16?,17?,18?,23?/m1/s1. The molecule has 5 fully saturated rings. The first kappa shape index (κ1) is 18.3. The molecule has 5 heteroatoms. The van der Waals surface area contributed by atoms with Crippen LogP contribution in [0.2, 0.25) is 0 Å². The molecule has 5 saturated carbocycles. The van der Waals surface area contributed by atoms with Crippen molar-refractivity contribution in [3.63, 3.8) is 0 Å². The molecule has 0 aliphatic heterocycles. The predicted octanol–water partition coefficient (Wildman–Crippen LogP) is 4.07. The summed E-state index contributed by atoms with van der Waals surface area (Å²) in [6, 6.07) is 2.43. The van der Waals surface area contributed by atoms with Gasteiger partial charge in [-0.05, 0) is 96.0 Å². The molecule has 4 bridgehead atoms. The second-order valence-electron chi connectivity index (χ2n) is 10.1. The van der Waals surface area contributed by atoms with Crippen LogP contribution in [0.15, 0.2) is 6.07 Å². The van der Waals surface area contributed by atoms with Gasteiger partial charge >= 0.3 is 5.97 Å². The molecule has 0 unspecified atom stereocenters. The second-order valence-corrected chi connectivity index (χ2v) is 10.1. The zero-order chi connectivity index (χ0) is 19.6. The lowest BCUT2D eigenvalue weighted by atomic mass is 9.53. The van der Waals surface area contributed by atoms with Gasteiger partial charge in [0.15, 0.2) is 6.10 Å². The minimum atomic E-state index is -0.760. The second kappa shape index (κ2) is 6.36. The number of aryl methyl sites for hydroxylation is 1. The van der Waals surface area contributed by atoms with Gasteiger partial charge in [0, 0.05) is 23.0 Å². The SMILES string of the molecule is Cc1cc(C(=O)O[C@H](C)C(=O)NC23CC4CC(CC(C4)C2)C3)c(C)n1C1CC1. The van der Waals surface area contributed by atoms with E-state index in [1.807, 2.05) is 19.9 Å². The molecular weight excluding hydrogens is 352 g/mol. The molecule has 28 heavy (non-hydrogen) atoms. The van der Waals surface area contributed by atoms with Gasteiger partial charge in [-0.1, -0.05) is 0 Å². The summed E-state index contributed by atoms with van der Waals surface area (Å²) in [5.74, 6) is 1.81. The summed E-state index contributed by atoms with van der Waals surface area (Å²) in [5, 5.41) is 3.32. The van der Waals surface area contributed by atoms with E-state index in [-0.39, 0.29) is 17.4 Å². The Morgan fingerprint density at radius 1 is 1.11 bits per heavy atom. The molecular formula is C23H32N2O3. The van der Waals surface area contributed by atoms with Crippen molar-refractivity contribution in [3.8, 4) is 0 Å². The van der Waals surface area contributed by atoms with Crippen LogP contribution < -0.4 is 5.32 Å². The predicted molar refractivity (Wildman–Crippen MR) is 106 cm³/mol. The van der Waals surface area contributed by atoms with Gasteiger partial charge < -0.3 is 14.6 Å². The van der Waals surface area contributed by atoms with Crippen LogP contribution in [0.25, 0.3) is 0 Å². The summed E-state index contributed by atoms with van der Waals surface area (Å²) in [7, 11) is 0. The Bertz CT molecular complexity index is 785. The average molecular weight is 385 g/mol. The van der Waals surface area contributed by atoms with Crippen LogP contribution in [0.3, 0.4) is 0 Å². The molecule has 1 N–H and O–H groups in total. The molecule has 1 heterocycles. The van der Waals surface area contributed by atoms with Crippen molar-refractivity contribution in [1.82, 2.24) is 9.88 Å². The maximum Gasteiger partial charge on any atom is 0.340 e. The molecule has 152 valence electrons. The van der Waals surface area contributed by atoms with Gasteiger partial charge in [-0.25, -0.2) is 4.79 Å². The van der Waals surface area contributed by atoms with Crippen molar-refractivity contribution in [2.45, 2.75) is 89.8 Å². The number of ether oxygens (including phenoxy) is 1. The van der Waals surface area contributed by atoms with Gasteiger partial charge in [0.1, 0.15) is 0 Å². The zero-order valence-electron chi connectivity index (χ0n) is 17.3. The Hall–Kier alpha value is -1.78. The Morgan fingerprint density at radius 3 is 2.21 bits per heavy atom. The van der Waals surface area contributed by atoms with Crippen LogP contribution >= 0.6 is 0 Å². The lowest BCUT2D eigenvalue weighted by Crippen LogP contribution is -2.61. The van der Waals surface area contributed by atoms with E-state index in [0.717, 1.165) is 48.4 Å². The molecule has 5 aliphatic rings. The van der Waals surface area contributed by atoms with E-state index in [2.05, 4.69) is 9.88 Å². The third kappa shape index (κ3) is 3.07. The highest BCUT2D eigenvalue weighted by atomic mass is 16.5. The molecule has 6 rings (SSSR count). The minimum Gasteiger partial charge on any atom is -0.449 e. The highest BCUT2D eigenvalue weighted by Crippen LogP contribution is 2.55. The number of nitrogens with one attached hydrogen (secondary N) is 1. The fraction of sp³-hybridized carbons (Fsp3) is 0.739. The van der Waals surface area contributed by atoms with Crippen molar-refractivity contribution in [2.75, 3.05) is 0 Å². The van der Waals surface area contributed by atoms with Crippen LogP contribution in [-0.4, -0.2) is 28.1 Å². The van der Waals surface area contributed by atoms with E-state index in [9.17, 15) is 9.59 Å². The first-order valence-electron chi connectivity index (χ1n) is 11.0. The van der Waals surface area contributed by atoms with E-state index in [1.165, 1.54) is 32.1 Å². The quantitative estimate of drug-likeness (QED) is 0.779. The fourth-order valence-corrected chi connectivity index (χ4v) is 6.78. The first-order valence-corrected chi connectivity index (χ1v) is 11.0. The van der Waals surface area contributed by atoms with Gasteiger partial charge in [0.05, 0.1) is 5.56 Å². The van der Waals surface area contributed by atoms with E-state index in [1.54, 1.807) is 6.92 Å². The van der Waals surface area contributed by atoms with Gasteiger partial charge in [-0.3, -0.25) is 4.79 Å².